The van der Waals surface area contributed by atoms with E-state index in [1.165, 1.54) is 43.0 Å². The first-order valence-corrected chi connectivity index (χ1v) is 13.7. The van der Waals surface area contributed by atoms with Crippen molar-refractivity contribution in [2.24, 2.45) is 5.92 Å². The fourth-order valence-corrected chi connectivity index (χ4v) is 4.42. The Balaban J connectivity index is 2.01. The molecule has 0 aromatic heterocycles. The van der Waals surface area contributed by atoms with E-state index in [1.54, 1.807) is 0 Å². The normalized spacial score (nSPS) is 16.6. The molecule has 4 atom stereocenters. The zero-order valence-electron chi connectivity index (χ0n) is 24.0. The fraction of sp³-hybridized carbons (Fsp3) is 0.556. The Kier molecular flexibility index (Phi) is 12.4. The molecule has 0 bridgehead atoms. The van der Waals surface area contributed by atoms with Crippen molar-refractivity contribution >= 4 is 46.9 Å². The monoisotopic (exact) mass is 590 g/mol. The van der Waals surface area contributed by atoms with E-state index in [1.807, 2.05) is 13.8 Å². The number of carboxylic acids is 1. The predicted molar refractivity (Wildman–Crippen MR) is 150 cm³/mol. The van der Waals surface area contributed by atoms with Crippen LogP contribution in [0, 0.1) is 16.0 Å². The predicted octanol–water partition coefficient (Wildman–Crippen LogP) is 0.929. The molecule has 230 valence electrons. The van der Waals surface area contributed by atoms with Crippen molar-refractivity contribution in [1.29, 1.82) is 0 Å². The van der Waals surface area contributed by atoms with Crippen molar-refractivity contribution in [3.8, 4) is 0 Å². The fourth-order valence-electron chi connectivity index (χ4n) is 4.42. The SMILES string of the molecule is CC(C)C[C@H](NC(=O)[C@@H]1CCCN1C(=O)[C@H](C)NC(=O)[C@H](C)NC(=O)CCC(=O)O)C(=O)Nc1ccc([N+](=O)[O-])cc1. The molecule has 1 aromatic carbocycles. The van der Waals surface area contributed by atoms with E-state index in [2.05, 4.69) is 21.3 Å². The first kappa shape index (κ1) is 33.6. The molecule has 0 unspecified atom stereocenters. The molecule has 1 aliphatic heterocycles. The lowest BCUT2D eigenvalue weighted by atomic mass is 10.0. The summed E-state index contributed by atoms with van der Waals surface area (Å²) in [7, 11) is 0. The van der Waals surface area contributed by atoms with Crippen LogP contribution < -0.4 is 21.3 Å². The summed E-state index contributed by atoms with van der Waals surface area (Å²) in [5, 5.41) is 29.8. The number of nitrogens with zero attached hydrogens (tertiary/aromatic N) is 2. The number of rotatable bonds is 14. The summed E-state index contributed by atoms with van der Waals surface area (Å²) >= 11 is 0. The summed E-state index contributed by atoms with van der Waals surface area (Å²) in [4.78, 5) is 86.1. The minimum absolute atomic E-state index is 0.0288. The summed E-state index contributed by atoms with van der Waals surface area (Å²) in [6, 6.07) is 1.43. The number of nitro groups is 1. The third-order valence-corrected chi connectivity index (χ3v) is 6.59. The van der Waals surface area contributed by atoms with Crippen LogP contribution in [0.4, 0.5) is 11.4 Å². The van der Waals surface area contributed by atoms with Crippen LogP contribution in [0.25, 0.3) is 0 Å². The van der Waals surface area contributed by atoms with E-state index in [0.717, 1.165) is 0 Å². The quantitative estimate of drug-likeness (QED) is 0.154. The Morgan fingerprint density at radius 2 is 1.60 bits per heavy atom. The van der Waals surface area contributed by atoms with Crippen LogP contribution in [0.1, 0.15) is 59.8 Å². The molecule has 1 saturated heterocycles. The molecular weight excluding hydrogens is 552 g/mol. The van der Waals surface area contributed by atoms with Gasteiger partial charge in [-0.1, -0.05) is 13.8 Å². The highest BCUT2D eigenvalue weighted by molar-refractivity contribution is 5.99. The second kappa shape index (κ2) is 15.4. The standard InChI is InChI=1S/C27H38N6O9/c1-15(2)14-20(25(38)30-18-7-9-19(10-8-18)33(41)42)31-26(39)21-6-5-13-32(21)27(40)17(4)29-24(37)16(3)28-22(34)11-12-23(35)36/h7-10,15-17,20-21H,5-6,11-14H2,1-4H3,(H,28,34)(H,29,37)(H,30,38)(H,31,39)(H,35,36)/t16-,17-,20-,21-/m0/s1. The van der Waals surface area contributed by atoms with Gasteiger partial charge in [0.15, 0.2) is 0 Å². The van der Waals surface area contributed by atoms with E-state index >= 15 is 0 Å². The Morgan fingerprint density at radius 3 is 2.17 bits per heavy atom. The largest absolute Gasteiger partial charge is 0.481 e. The molecule has 42 heavy (non-hydrogen) atoms. The van der Waals surface area contributed by atoms with Gasteiger partial charge in [0, 0.05) is 30.8 Å². The lowest BCUT2D eigenvalue weighted by Crippen LogP contribution is -2.56. The first-order chi connectivity index (χ1) is 19.7. The summed E-state index contributed by atoms with van der Waals surface area (Å²) in [5.74, 6) is -3.94. The maximum absolute atomic E-state index is 13.3. The second-order valence-corrected chi connectivity index (χ2v) is 10.6. The number of hydrogen-bond acceptors (Lipinski definition) is 8. The zero-order chi connectivity index (χ0) is 31.6. The van der Waals surface area contributed by atoms with E-state index < -0.39 is 64.6 Å². The minimum atomic E-state index is -1.15. The number of nitro benzene ring substituents is 1. The van der Waals surface area contributed by atoms with Gasteiger partial charge < -0.3 is 31.3 Å². The van der Waals surface area contributed by atoms with Gasteiger partial charge in [0.1, 0.15) is 24.2 Å². The van der Waals surface area contributed by atoms with Crippen LogP contribution in [0.2, 0.25) is 0 Å². The van der Waals surface area contributed by atoms with E-state index in [-0.39, 0.29) is 31.0 Å². The molecule has 1 heterocycles. The van der Waals surface area contributed by atoms with Crippen molar-refractivity contribution in [3.05, 3.63) is 34.4 Å². The smallest absolute Gasteiger partial charge is 0.303 e. The number of non-ortho nitro benzene ring substituents is 1. The number of likely N-dealkylation sites (tertiary alicyclic amines) is 1. The number of carbonyl (C=O) groups is 6. The minimum Gasteiger partial charge on any atom is -0.481 e. The van der Waals surface area contributed by atoms with Gasteiger partial charge in [-0.05, 0) is 51.2 Å². The lowest BCUT2D eigenvalue weighted by Gasteiger charge is -2.29. The molecule has 0 spiro atoms. The molecule has 0 saturated carbocycles. The Labute approximate surface area is 242 Å². The third-order valence-electron chi connectivity index (χ3n) is 6.59. The number of carbonyl (C=O) groups excluding carboxylic acids is 5. The van der Waals surface area contributed by atoms with Crippen LogP contribution in [0.15, 0.2) is 24.3 Å². The van der Waals surface area contributed by atoms with Gasteiger partial charge in [-0.15, -0.1) is 0 Å². The zero-order valence-corrected chi connectivity index (χ0v) is 24.0. The van der Waals surface area contributed by atoms with Gasteiger partial charge in [-0.3, -0.25) is 38.9 Å². The molecule has 15 nitrogen and oxygen atoms in total. The second-order valence-electron chi connectivity index (χ2n) is 10.6. The molecule has 0 radical (unpaired) electrons. The van der Waals surface area contributed by atoms with Crippen LogP contribution in [0.3, 0.4) is 0 Å². The summed E-state index contributed by atoms with van der Waals surface area (Å²) < 4.78 is 0. The van der Waals surface area contributed by atoms with Crippen LogP contribution >= 0.6 is 0 Å². The molecule has 15 heteroatoms. The summed E-state index contributed by atoms with van der Waals surface area (Å²) in [5.41, 5.74) is 0.189. The Morgan fingerprint density at radius 1 is 0.952 bits per heavy atom. The van der Waals surface area contributed by atoms with Gasteiger partial charge >= 0.3 is 5.97 Å². The molecule has 1 aliphatic rings. The maximum atomic E-state index is 13.3. The van der Waals surface area contributed by atoms with Crippen molar-refractivity contribution in [2.45, 2.75) is 84.0 Å². The molecule has 5 N–H and O–H groups in total. The van der Waals surface area contributed by atoms with Crippen molar-refractivity contribution in [3.63, 3.8) is 0 Å². The van der Waals surface area contributed by atoms with Crippen molar-refractivity contribution < 1.29 is 38.8 Å². The van der Waals surface area contributed by atoms with Gasteiger partial charge in [-0.25, -0.2) is 0 Å². The van der Waals surface area contributed by atoms with Gasteiger partial charge in [0.05, 0.1) is 11.3 Å². The number of anilines is 1. The van der Waals surface area contributed by atoms with Gasteiger partial charge in [0.2, 0.25) is 29.5 Å². The van der Waals surface area contributed by atoms with Crippen LogP contribution in [-0.4, -0.2) is 81.1 Å². The highest BCUT2D eigenvalue weighted by atomic mass is 16.6. The molecular formula is C27H38N6O9. The molecule has 0 aliphatic carbocycles. The first-order valence-electron chi connectivity index (χ1n) is 13.7. The molecule has 2 rings (SSSR count). The summed E-state index contributed by atoms with van der Waals surface area (Å²) in [6.07, 6.45) is 0.505. The number of aliphatic carboxylic acids is 1. The number of amides is 5. The average Bonchev–Trinajstić information content (AvgIpc) is 3.41. The molecule has 5 amide bonds. The third kappa shape index (κ3) is 10.1. The number of benzene rings is 1. The Bertz CT molecular complexity index is 1190. The average molecular weight is 591 g/mol. The van der Waals surface area contributed by atoms with E-state index in [9.17, 15) is 38.9 Å². The lowest BCUT2D eigenvalue weighted by molar-refractivity contribution is -0.384. The number of carboxylic acid groups (broad SMARTS) is 1. The maximum Gasteiger partial charge on any atom is 0.303 e. The number of hydrogen-bond donors (Lipinski definition) is 5. The van der Waals surface area contributed by atoms with Gasteiger partial charge in [-0.2, -0.15) is 0 Å². The van der Waals surface area contributed by atoms with Crippen molar-refractivity contribution in [1.82, 2.24) is 20.9 Å². The van der Waals surface area contributed by atoms with E-state index in [0.29, 0.717) is 24.9 Å². The van der Waals surface area contributed by atoms with E-state index in [4.69, 9.17) is 5.11 Å². The highest BCUT2D eigenvalue weighted by Crippen LogP contribution is 2.20. The highest BCUT2D eigenvalue weighted by Gasteiger charge is 2.38. The number of nitrogens with one attached hydrogen (secondary N) is 4. The molecule has 1 fully saturated rings. The topological polar surface area (TPSA) is 217 Å². The van der Waals surface area contributed by atoms with Crippen LogP contribution in [0.5, 0.6) is 0 Å². The van der Waals surface area contributed by atoms with Gasteiger partial charge in [0.25, 0.3) is 5.69 Å². The van der Waals surface area contributed by atoms with Crippen molar-refractivity contribution in [2.75, 3.05) is 11.9 Å². The summed E-state index contributed by atoms with van der Waals surface area (Å²) in [6.45, 7) is 6.87. The van der Waals surface area contributed by atoms with Crippen LogP contribution in [-0.2, 0) is 28.8 Å². The Hall–Kier alpha value is -4.56. The molecule has 1 aromatic rings.